The van der Waals surface area contributed by atoms with Gasteiger partial charge in [-0.1, -0.05) is 19.9 Å². The summed E-state index contributed by atoms with van der Waals surface area (Å²) in [6, 6.07) is 5.61. The van der Waals surface area contributed by atoms with Gasteiger partial charge in [0.25, 0.3) is 0 Å². The summed E-state index contributed by atoms with van der Waals surface area (Å²) in [6.45, 7) is 4.14. The number of amides is 2. The number of pyridine rings is 1. The van der Waals surface area contributed by atoms with Crippen LogP contribution in [-0.4, -0.2) is 16.0 Å². The zero-order valence-corrected chi connectivity index (χ0v) is 13.6. The number of anilines is 1. The molecule has 2 N–H and O–H groups in total. The molecule has 2 amide bonds. The number of carbonyl (C=O) groups excluding carboxylic acids is 1. The standard InChI is InChI=1S/C16H20N4OS/c1-10(2)13-15(22-9-18-13)20-16(21)19-14(11-6-7-11)12-5-3-4-8-17-12/h3-5,8-11,14H,6-7H2,1-2H3,(H2,19,20,21). The molecule has 0 bridgehead atoms. The molecule has 1 aliphatic rings. The predicted molar refractivity (Wildman–Crippen MR) is 88.1 cm³/mol. The maximum absolute atomic E-state index is 12.3. The summed E-state index contributed by atoms with van der Waals surface area (Å²) in [5.41, 5.74) is 3.62. The number of urea groups is 1. The van der Waals surface area contributed by atoms with Crippen molar-refractivity contribution in [3.8, 4) is 0 Å². The predicted octanol–water partition coefficient (Wildman–Crippen LogP) is 3.93. The summed E-state index contributed by atoms with van der Waals surface area (Å²) in [7, 11) is 0. The Bertz CT molecular complexity index is 637. The van der Waals surface area contributed by atoms with E-state index in [4.69, 9.17) is 0 Å². The third kappa shape index (κ3) is 3.44. The quantitative estimate of drug-likeness (QED) is 0.878. The summed E-state index contributed by atoms with van der Waals surface area (Å²) < 4.78 is 0. The zero-order valence-electron chi connectivity index (χ0n) is 12.7. The first-order valence-corrected chi connectivity index (χ1v) is 8.45. The Labute approximate surface area is 134 Å². The van der Waals surface area contributed by atoms with E-state index >= 15 is 0 Å². The Hall–Kier alpha value is -1.95. The second-order valence-corrected chi connectivity index (χ2v) is 6.74. The molecule has 2 aromatic heterocycles. The lowest BCUT2D eigenvalue weighted by Gasteiger charge is -2.18. The SMILES string of the molecule is CC(C)c1ncsc1NC(=O)NC(c1ccccn1)C1CC1. The van der Waals surface area contributed by atoms with Gasteiger partial charge < -0.3 is 5.32 Å². The largest absolute Gasteiger partial charge is 0.329 e. The number of nitrogens with one attached hydrogen (secondary N) is 2. The number of thiazole rings is 1. The molecule has 1 unspecified atom stereocenters. The maximum Gasteiger partial charge on any atom is 0.320 e. The smallest absolute Gasteiger partial charge is 0.320 e. The summed E-state index contributed by atoms with van der Waals surface area (Å²) in [5.74, 6) is 0.781. The van der Waals surface area contributed by atoms with Gasteiger partial charge in [0.1, 0.15) is 5.00 Å². The first-order valence-electron chi connectivity index (χ1n) is 7.57. The van der Waals surface area contributed by atoms with E-state index in [9.17, 15) is 4.79 Å². The van der Waals surface area contributed by atoms with Crippen molar-refractivity contribution >= 4 is 22.4 Å². The van der Waals surface area contributed by atoms with Crippen molar-refractivity contribution in [1.82, 2.24) is 15.3 Å². The minimum atomic E-state index is -0.186. The van der Waals surface area contributed by atoms with Crippen molar-refractivity contribution in [1.29, 1.82) is 0 Å². The van der Waals surface area contributed by atoms with Crippen molar-refractivity contribution in [2.75, 3.05) is 5.32 Å². The van der Waals surface area contributed by atoms with Crippen LogP contribution < -0.4 is 10.6 Å². The molecule has 2 aromatic rings. The summed E-state index contributed by atoms with van der Waals surface area (Å²) >= 11 is 1.45. The van der Waals surface area contributed by atoms with E-state index in [1.807, 2.05) is 18.2 Å². The van der Waals surface area contributed by atoms with Crippen LogP contribution in [0.25, 0.3) is 0 Å². The number of hydrogen-bond acceptors (Lipinski definition) is 4. The molecular formula is C16H20N4OS. The normalized spacial score (nSPS) is 15.6. The van der Waals surface area contributed by atoms with E-state index in [1.54, 1.807) is 11.7 Å². The minimum Gasteiger partial charge on any atom is -0.329 e. The van der Waals surface area contributed by atoms with Crippen molar-refractivity contribution in [2.24, 2.45) is 5.92 Å². The van der Waals surface area contributed by atoms with E-state index in [1.165, 1.54) is 11.3 Å². The Morgan fingerprint density at radius 1 is 1.32 bits per heavy atom. The molecule has 1 aliphatic carbocycles. The van der Waals surface area contributed by atoms with Gasteiger partial charge in [-0.2, -0.15) is 0 Å². The van der Waals surface area contributed by atoms with Crippen LogP contribution in [0, 0.1) is 5.92 Å². The summed E-state index contributed by atoms with van der Waals surface area (Å²) in [5, 5.41) is 6.82. The van der Waals surface area contributed by atoms with E-state index in [-0.39, 0.29) is 18.0 Å². The lowest BCUT2D eigenvalue weighted by atomic mass is 10.1. The van der Waals surface area contributed by atoms with Crippen molar-refractivity contribution in [3.63, 3.8) is 0 Å². The highest BCUT2D eigenvalue weighted by atomic mass is 32.1. The van der Waals surface area contributed by atoms with E-state index < -0.39 is 0 Å². The van der Waals surface area contributed by atoms with Crippen LogP contribution in [0.2, 0.25) is 0 Å². The van der Waals surface area contributed by atoms with Crippen LogP contribution in [-0.2, 0) is 0 Å². The van der Waals surface area contributed by atoms with Crippen molar-refractivity contribution in [2.45, 2.75) is 38.6 Å². The Morgan fingerprint density at radius 3 is 2.77 bits per heavy atom. The molecule has 22 heavy (non-hydrogen) atoms. The molecule has 0 spiro atoms. The summed E-state index contributed by atoms with van der Waals surface area (Å²) in [6.07, 6.45) is 4.04. The third-order valence-electron chi connectivity index (χ3n) is 3.76. The van der Waals surface area contributed by atoms with Gasteiger partial charge in [-0.25, -0.2) is 9.78 Å². The van der Waals surface area contributed by atoms with Gasteiger partial charge >= 0.3 is 6.03 Å². The van der Waals surface area contributed by atoms with Gasteiger partial charge in [-0.3, -0.25) is 10.3 Å². The van der Waals surface area contributed by atoms with Gasteiger partial charge in [-0.05, 0) is 36.8 Å². The van der Waals surface area contributed by atoms with Crippen LogP contribution in [0.1, 0.15) is 50.0 Å². The van der Waals surface area contributed by atoms with Gasteiger partial charge in [0.2, 0.25) is 0 Å². The highest BCUT2D eigenvalue weighted by Crippen LogP contribution is 2.40. The monoisotopic (exact) mass is 316 g/mol. The van der Waals surface area contributed by atoms with E-state index in [2.05, 4.69) is 34.4 Å². The molecule has 2 heterocycles. The highest BCUT2D eigenvalue weighted by molar-refractivity contribution is 7.14. The fourth-order valence-corrected chi connectivity index (χ4v) is 3.30. The average molecular weight is 316 g/mol. The molecular weight excluding hydrogens is 296 g/mol. The molecule has 0 radical (unpaired) electrons. The van der Waals surface area contributed by atoms with E-state index in [0.717, 1.165) is 29.2 Å². The average Bonchev–Trinajstić information content (AvgIpc) is 3.24. The first kappa shape index (κ1) is 15.0. The molecule has 6 heteroatoms. The number of aromatic nitrogens is 2. The van der Waals surface area contributed by atoms with Crippen LogP contribution >= 0.6 is 11.3 Å². The molecule has 0 aromatic carbocycles. The topological polar surface area (TPSA) is 66.9 Å². The first-order chi connectivity index (χ1) is 10.6. The molecule has 0 saturated heterocycles. The number of nitrogens with zero attached hydrogens (tertiary/aromatic N) is 2. The Kier molecular flexibility index (Phi) is 4.38. The number of rotatable bonds is 5. The third-order valence-corrected chi connectivity index (χ3v) is 4.51. The number of hydrogen-bond donors (Lipinski definition) is 2. The van der Waals surface area contributed by atoms with E-state index in [0.29, 0.717) is 5.92 Å². The summed E-state index contributed by atoms with van der Waals surface area (Å²) in [4.78, 5) is 21.0. The molecule has 116 valence electrons. The Morgan fingerprint density at radius 2 is 2.14 bits per heavy atom. The van der Waals surface area contributed by atoms with Crippen LogP contribution in [0.4, 0.5) is 9.80 Å². The molecule has 3 rings (SSSR count). The molecule has 0 aliphatic heterocycles. The Balaban J connectivity index is 1.68. The van der Waals surface area contributed by atoms with Crippen LogP contribution in [0.3, 0.4) is 0 Å². The van der Waals surface area contributed by atoms with Gasteiger partial charge in [0.15, 0.2) is 0 Å². The number of carbonyl (C=O) groups is 1. The van der Waals surface area contributed by atoms with Gasteiger partial charge in [-0.15, -0.1) is 11.3 Å². The van der Waals surface area contributed by atoms with Crippen molar-refractivity contribution < 1.29 is 4.79 Å². The second kappa shape index (κ2) is 6.44. The van der Waals surface area contributed by atoms with Crippen LogP contribution in [0.5, 0.6) is 0 Å². The molecule has 5 nitrogen and oxygen atoms in total. The van der Waals surface area contributed by atoms with Gasteiger partial charge in [0.05, 0.1) is 22.9 Å². The molecule has 1 fully saturated rings. The zero-order chi connectivity index (χ0) is 15.5. The minimum absolute atomic E-state index is 0.0170. The highest BCUT2D eigenvalue weighted by Gasteiger charge is 2.34. The lowest BCUT2D eigenvalue weighted by Crippen LogP contribution is -2.34. The van der Waals surface area contributed by atoms with Gasteiger partial charge in [0, 0.05) is 6.20 Å². The molecule has 1 saturated carbocycles. The molecule has 1 atom stereocenters. The fraction of sp³-hybridized carbons (Fsp3) is 0.438. The second-order valence-electron chi connectivity index (χ2n) is 5.89. The lowest BCUT2D eigenvalue weighted by molar-refractivity contribution is 0.247. The maximum atomic E-state index is 12.3. The fourth-order valence-electron chi connectivity index (χ4n) is 2.46. The van der Waals surface area contributed by atoms with Crippen molar-refractivity contribution in [3.05, 3.63) is 41.3 Å². The van der Waals surface area contributed by atoms with Crippen LogP contribution in [0.15, 0.2) is 29.9 Å².